The largest absolute Gasteiger partial charge is 0.480 e. The van der Waals surface area contributed by atoms with E-state index in [9.17, 15) is 14.7 Å². The summed E-state index contributed by atoms with van der Waals surface area (Å²) >= 11 is 5.86. The number of carboxylic acid groups (broad SMARTS) is 1. The predicted molar refractivity (Wildman–Crippen MR) is 61.9 cm³/mol. The third kappa shape index (κ3) is 1.95. The molecule has 0 aliphatic rings. The summed E-state index contributed by atoms with van der Waals surface area (Å²) in [7, 11) is 0. The fraction of sp³-hybridized carbons (Fsp3) is 0.333. The van der Waals surface area contributed by atoms with Gasteiger partial charge in [-0.25, -0.2) is 0 Å². The fourth-order valence-corrected chi connectivity index (χ4v) is 1.72. The first-order chi connectivity index (χ1) is 7.47. The molecule has 3 nitrogen and oxygen atoms in total. The number of carbonyl (C=O) groups excluding carboxylic acids is 1. The Kier molecular flexibility index (Phi) is 3.70. The molecule has 0 heterocycles. The molecule has 1 aromatic rings. The summed E-state index contributed by atoms with van der Waals surface area (Å²) in [5.41, 5.74) is -0.227. The average molecular weight is 241 g/mol. The molecule has 1 unspecified atom stereocenters. The third-order valence-corrected chi connectivity index (χ3v) is 3.24. The van der Waals surface area contributed by atoms with Crippen molar-refractivity contribution in [3.05, 3.63) is 34.3 Å². The number of aliphatic carboxylic acids is 1. The van der Waals surface area contributed by atoms with Gasteiger partial charge >= 0.3 is 5.97 Å². The zero-order valence-corrected chi connectivity index (χ0v) is 9.91. The van der Waals surface area contributed by atoms with Crippen LogP contribution in [0.5, 0.6) is 0 Å². The molecule has 0 aliphatic heterocycles. The molecule has 86 valence electrons. The number of rotatable bonds is 4. The predicted octanol–water partition coefficient (Wildman–Crippen LogP) is 2.58. The van der Waals surface area contributed by atoms with Crippen molar-refractivity contribution in [1.29, 1.82) is 0 Å². The molecule has 0 spiro atoms. The highest BCUT2D eigenvalue weighted by molar-refractivity contribution is 6.31. The van der Waals surface area contributed by atoms with Crippen molar-refractivity contribution in [3.63, 3.8) is 0 Å². The van der Waals surface area contributed by atoms with Gasteiger partial charge < -0.3 is 9.90 Å². The Morgan fingerprint density at radius 1 is 1.56 bits per heavy atom. The van der Waals surface area contributed by atoms with Crippen LogP contribution < -0.4 is 0 Å². The lowest BCUT2D eigenvalue weighted by atomic mass is 9.79. The summed E-state index contributed by atoms with van der Waals surface area (Å²) in [5, 5.41) is 9.73. The summed E-state index contributed by atoms with van der Waals surface area (Å²) in [4.78, 5) is 22.3. The summed E-state index contributed by atoms with van der Waals surface area (Å²) in [6.07, 6.45) is 0.699. The van der Waals surface area contributed by atoms with Gasteiger partial charge in [0, 0.05) is 5.02 Å². The molecule has 0 aliphatic carbocycles. The van der Waals surface area contributed by atoms with Gasteiger partial charge in [0.15, 0.2) is 0 Å². The summed E-state index contributed by atoms with van der Waals surface area (Å²) < 4.78 is 0. The normalized spacial score (nSPS) is 14.2. The first-order valence-corrected chi connectivity index (χ1v) is 5.32. The van der Waals surface area contributed by atoms with E-state index in [1.54, 1.807) is 32.0 Å². The lowest BCUT2D eigenvalue weighted by Gasteiger charge is -2.22. The number of halogens is 1. The maximum atomic E-state index is 11.2. The van der Waals surface area contributed by atoms with Gasteiger partial charge in [-0.1, -0.05) is 30.7 Å². The standard InChI is InChI=1S/C12H13ClO3/c1-3-12(7-14,11(15)16)9-4-5-10(13)8(2)6-9/h4-7H,3H2,1-2H3,(H,15,16). The van der Waals surface area contributed by atoms with Crippen LogP contribution in [0.2, 0.25) is 5.02 Å². The number of carboxylic acids is 1. The van der Waals surface area contributed by atoms with E-state index in [4.69, 9.17) is 11.6 Å². The lowest BCUT2D eigenvalue weighted by molar-refractivity contribution is -0.146. The number of aryl methyl sites for hydroxylation is 1. The summed E-state index contributed by atoms with van der Waals surface area (Å²) in [6.45, 7) is 3.45. The molecule has 0 amide bonds. The molecule has 0 saturated heterocycles. The highest BCUT2D eigenvalue weighted by Gasteiger charge is 2.38. The van der Waals surface area contributed by atoms with Crippen LogP contribution >= 0.6 is 11.6 Å². The number of aldehydes is 1. The van der Waals surface area contributed by atoms with E-state index < -0.39 is 11.4 Å². The Labute approximate surface area is 99.0 Å². The lowest BCUT2D eigenvalue weighted by Crippen LogP contribution is -2.36. The molecular formula is C12H13ClO3. The Morgan fingerprint density at radius 2 is 2.19 bits per heavy atom. The maximum Gasteiger partial charge on any atom is 0.321 e. The zero-order chi connectivity index (χ0) is 12.3. The van der Waals surface area contributed by atoms with Gasteiger partial charge in [-0.05, 0) is 30.5 Å². The van der Waals surface area contributed by atoms with Crippen LogP contribution in [0.1, 0.15) is 24.5 Å². The SMILES string of the molecule is CCC(C=O)(C(=O)O)c1ccc(Cl)c(C)c1. The van der Waals surface area contributed by atoms with Gasteiger partial charge in [0.25, 0.3) is 0 Å². The van der Waals surface area contributed by atoms with Crippen LogP contribution in [-0.2, 0) is 15.0 Å². The van der Waals surface area contributed by atoms with Crippen molar-refractivity contribution in [1.82, 2.24) is 0 Å². The summed E-state index contributed by atoms with van der Waals surface area (Å²) in [5.74, 6) is -1.13. The fourth-order valence-electron chi connectivity index (χ4n) is 1.60. The molecule has 1 rings (SSSR count). The first-order valence-electron chi connectivity index (χ1n) is 4.94. The first kappa shape index (κ1) is 12.7. The molecule has 4 heteroatoms. The van der Waals surface area contributed by atoms with Crippen molar-refractivity contribution in [2.75, 3.05) is 0 Å². The van der Waals surface area contributed by atoms with Crippen molar-refractivity contribution in [3.8, 4) is 0 Å². The highest BCUT2D eigenvalue weighted by atomic mass is 35.5. The molecule has 1 atom stereocenters. The van der Waals surface area contributed by atoms with Crippen LogP contribution in [0.3, 0.4) is 0 Å². The van der Waals surface area contributed by atoms with Crippen molar-refractivity contribution in [2.24, 2.45) is 0 Å². The van der Waals surface area contributed by atoms with Crippen molar-refractivity contribution >= 4 is 23.9 Å². The molecular weight excluding hydrogens is 228 g/mol. The molecule has 0 fully saturated rings. The minimum Gasteiger partial charge on any atom is -0.480 e. The Morgan fingerprint density at radius 3 is 2.56 bits per heavy atom. The Bertz CT molecular complexity index is 428. The van der Waals surface area contributed by atoms with Crippen LogP contribution in [-0.4, -0.2) is 17.4 Å². The third-order valence-electron chi connectivity index (χ3n) is 2.81. The van der Waals surface area contributed by atoms with Crippen LogP contribution in [0.15, 0.2) is 18.2 Å². The van der Waals surface area contributed by atoms with Crippen LogP contribution in [0.25, 0.3) is 0 Å². The average Bonchev–Trinajstić information content (AvgIpc) is 2.25. The quantitative estimate of drug-likeness (QED) is 0.650. The second kappa shape index (κ2) is 4.66. The molecule has 0 saturated carbocycles. The Hall–Kier alpha value is -1.35. The summed E-state index contributed by atoms with van der Waals surface area (Å²) in [6, 6.07) is 4.85. The van der Waals surface area contributed by atoms with Crippen LogP contribution in [0.4, 0.5) is 0 Å². The van der Waals surface area contributed by atoms with Gasteiger partial charge in [-0.15, -0.1) is 0 Å². The molecule has 0 radical (unpaired) electrons. The Balaban J connectivity index is 3.37. The minimum absolute atomic E-state index is 0.215. The van der Waals surface area contributed by atoms with Crippen molar-refractivity contribution < 1.29 is 14.7 Å². The van der Waals surface area contributed by atoms with Crippen LogP contribution in [0, 0.1) is 6.92 Å². The molecule has 16 heavy (non-hydrogen) atoms. The molecule has 0 bridgehead atoms. The number of carbonyl (C=O) groups is 2. The topological polar surface area (TPSA) is 54.4 Å². The second-order valence-corrected chi connectivity index (χ2v) is 4.12. The van der Waals surface area contributed by atoms with E-state index in [1.807, 2.05) is 0 Å². The van der Waals surface area contributed by atoms with E-state index in [1.165, 1.54) is 0 Å². The van der Waals surface area contributed by atoms with Gasteiger partial charge in [0.1, 0.15) is 11.7 Å². The highest BCUT2D eigenvalue weighted by Crippen LogP contribution is 2.29. The van der Waals surface area contributed by atoms with E-state index >= 15 is 0 Å². The molecule has 0 aromatic heterocycles. The van der Waals surface area contributed by atoms with E-state index in [-0.39, 0.29) is 6.42 Å². The van der Waals surface area contributed by atoms with E-state index in [0.29, 0.717) is 16.9 Å². The minimum atomic E-state index is -1.46. The zero-order valence-electron chi connectivity index (χ0n) is 9.16. The number of benzene rings is 1. The van der Waals surface area contributed by atoms with Gasteiger partial charge in [0.2, 0.25) is 0 Å². The van der Waals surface area contributed by atoms with E-state index in [2.05, 4.69) is 0 Å². The number of hydrogen-bond acceptors (Lipinski definition) is 2. The van der Waals surface area contributed by atoms with Crippen molar-refractivity contribution in [2.45, 2.75) is 25.7 Å². The maximum absolute atomic E-state index is 11.2. The van der Waals surface area contributed by atoms with Gasteiger partial charge in [0.05, 0.1) is 0 Å². The number of hydrogen-bond donors (Lipinski definition) is 1. The van der Waals surface area contributed by atoms with E-state index in [0.717, 1.165) is 5.56 Å². The molecule has 1 aromatic carbocycles. The van der Waals surface area contributed by atoms with Gasteiger partial charge in [-0.2, -0.15) is 0 Å². The monoisotopic (exact) mass is 240 g/mol. The smallest absolute Gasteiger partial charge is 0.321 e. The molecule has 1 N–H and O–H groups in total. The second-order valence-electron chi connectivity index (χ2n) is 3.71. The van der Waals surface area contributed by atoms with Gasteiger partial charge in [-0.3, -0.25) is 4.79 Å².